The second-order valence-corrected chi connectivity index (χ2v) is 4.98. The Bertz CT molecular complexity index is 639. The van der Waals surface area contributed by atoms with E-state index in [1.807, 2.05) is 24.3 Å². The quantitative estimate of drug-likeness (QED) is 0.365. The lowest BCUT2D eigenvalue weighted by Gasteiger charge is -2.11. The average molecular weight is 442 g/mol. The van der Waals surface area contributed by atoms with Gasteiger partial charge in [0, 0.05) is 25.8 Å². The highest BCUT2D eigenvalue weighted by molar-refractivity contribution is 14.0. The molecule has 0 bridgehead atoms. The molecular formula is C17H23IN4O2. The summed E-state index contributed by atoms with van der Waals surface area (Å²) >= 11 is 0. The molecule has 1 aromatic heterocycles. The molecule has 2 aromatic rings. The van der Waals surface area contributed by atoms with Gasteiger partial charge in [0.25, 0.3) is 5.91 Å². The van der Waals surface area contributed by atoms with Crippen LogP contribution in [0.4, 0.5) is 5.69 Å². The molecule has 0 aliphatic rings. The fourth-order valence-corrected chi connectivity index (χ4v) is 1.96. The Morgan fingerprint density at radius 3 is 2.50 bits per heavy atom. The summed E-state index contributed by atoms with van der Waals surface area (Å²) in [5, 5.41) is 9.24. The van der Waals surface area contributed by atoms with Crippen LogP contribution in [-0.4, -0.2) is 25.5 Å². The molecular weight excluding hydrogens is 419 g/mol. The normalized spacial score (nSPS) is 10.7. The third-order valence-corrected chi connectivity index (χ3v) is 3.18. The Labute approximate surface area is 159 Å². The molecule has 0 saturated carbocycles. The summed E-state index contributed by atoms with van der Waals surface area (Å²) in [6.07, 6.45) is 2.52. The minimum absolute atomic E-state index is 0. The van der Waals surface area contributed by atoms with Gasteiger partial charge in [-0.2, -0.15) is 0 Å². The van der Waals surface area contributed by atoms with Gasteiger partial charge in [-0.15, -0.1) is 24.0 Å². The standard InChI is InChI=1S/C17H22N4O2.HI/c1-3-10-19-17(18-2)20-12-13-6-8-14(9-7-13)21-16(22)15-5-4-11-23-15;/h4-9,11H,3,10,12H2,1-2H3,(H,21,22)(H2,18,19,20);1H. The number of nitrogens with zero attached hydrogens (tertiary/aromatic N) is 1. The van der Waals surface area contributed by atoms with Crippen LogP contribution in [0.1, 0.15) is 29.5 Å². The number of guanidine groups is 1. The number of hydrogen-bond acceptors (Lipinski definition) is 3. The third-order valence-electron chi connectivity index (χ3n) is 3.18. The summed E-state index contributed by atoms with van der Waals surface area (Å²) in [7, 11) is 1.75. The number of amides is 1. The van der Waals surface area contributed by atoms with E-state index in [0.717, 1.165) is 30.2 Å². The highest BCUT2D eigenvalue weighted by atomic mass is 127. The Morgan fingerprint density at radius 1 is 1.17 bits per heavy atom. The molecule has 3 N–H and O–H groups in total. The van der Waals surface area contributed by atoms with E-state index < -0.39 is 0 Å². The Kier molecular flexibility index (Phi) is 8.92. The second-order valence-electron chi connectivity index (χ2n) is 4.98. The number of nitrogens with one attached hydrogen (secondary N) is 3. The van der Waals surface area contributed by atoms with E-state index in [9.17, 15) is 4.79 Å². The summed E-state index contributed by atoms with van der Waals surface area (Å²) in [6, 6.07) is 10.9. The van der Waals surface area contributed by atoms with Gasteiger partial charge in [-0.05, 0) is 36.2 Å². The number of halogens is 1. The van der Waals surface area contributed by atoms with Crippen molar-refractivity contribution in [3.63, 3.8) is 0 Å². The first-order valence-electron chi connectivity index (χ1n) is 7.61. The van der Waals surface area contributed by atoms with Gasteiger partial charge >= 0.3 is 0 Å². The summed E-state index contributed by atoms with van der Waals surface area (Å²) in [5.74, 6) is 0.814. The van der Waals surface area contributed by atoms with Crippen LogP contribution in [0.15, 0.2) is 52.1 Å². The minimum atomic E-state index is -0.259. The van der Waals surface area contributed by atoms with Gasteiger partial charge < -0.3 is 20.4 Å². The molecule has 24 heavy (non-hydrogen) atoms. The lowest BCUT2D eigenvalue weighted by Crippen LogP contribution is -2.37. The summed E-state index contributed by atoms with van der Waals surface area (Å²) < 4.78 is 5.06. The Hall–Kier alpha value is -2.03. The van der Waals surface area contributed by atoms with Gasteiger partial charge in [0.2, 0.25) is 0 Å². The summed E-state index contributed by atoms with van der Waals surface area (Å²) in [4.78, 5) is 16.0. The molecule has 0 spiro atoms. The molecule has 7 heteroatoms. The zero-order valence-electron chi connectivity index (χ0n) is 13.8. The van der Waals surface area contributed by atoms with E-state index in [-0.39, 0.29) is 29.9 Å². The van der Waals surface area contributed by atoms with Crippen LogP contribution >= 0.6 is 24.0 Å². The van der Waals surface area contributed by atoms with E-state index in [1.54, 1.807) is 19.2 Å². The average Bonchev–Trinajstić information content (AvgIpc) is 3.11. The van der Waals surface area contributed by atoms with Crippen molar-refractivity contribution in [3.8, 4) is 0 Å². The monoisotopic (exact) mass is 442 g/mol. The van der Waals surface area contributed by atoms with Crippen molar-refractivity contribution >= 4 is 41.5 Å². The van der Waals surface area contributed by atoms with Crippen molar-refractivity contribution in [2.24, 2.45) is 4.99 Å². The molecule has 0 fully saturated rings. The Balaban J connectivity index is 0.00000288. The first-order chi connectivity index (χ1) is 11.2. The van der Waals surface area contributed by atoms with Gasteiger partial charge in [-0.3, -0.25) is 9.79 Å². The van der Waals surface area contributed by atoms with Crippen molar-refractivity contribution in [2.45, 2.75) is 19.9 Å². The first-order valence-corrected chi connectivity index (χ1v) is 7.61. The number of benzene rings is 1. The van der Waals surface area contributed by atoms with Crippen LogP contribution in [-0.2, 0) is 6.54 Å². The Morgan fingerprint density at radius 2 is 1.92 bits per heavy atom. The van der Waals surface area contributed by atoms with Gasteiger partial charge in [-0.1, -0.05) is 19.1 Å². The van der Waals surface area contributed by atoms with Crippen LogP contribution in [0.5, 0.6) is 0 Å². The number of carbonyl (C=O) groups excluding carboxylic acids is 1. The maximum absolute atomic E-state index is 11.9. The van der Waals surface area contributed by atoms with Crippen molar-refractivity contribution in [2.75, 3.05) is 18.9 Å². The molecule has 0 radical (unpaired) electrons. The molecule has 0 atom stereocenters. The zero-order chi connectivity index (χ0) is 16.5. The fraction of sp³-hybridized carbons (Fsp3) is 0.294. The molecule has 0 saturated heterocycles. The molecule has 0 aliphatic heterocycles. The smallest absolute Gasteiger partial charge is 0.291 e. The van der Waals surface area contributed by atoms with E-state index in [4.69, 9.17) is 4.42 Å². The van der Waals surface area contributed by atoms with E-state index in [2.05, 4.69) is 27.9 Å². The largest absolute Gasteiger partial charge is 0.459 e. The second kappa shape index (κ2) is 10.7. The number of anilines is 1. The van der Waals surface area contributed by atoms with Crippen LogP contribution in [0.3, 0.4) is 0 Å². The molecule has 130 valence electrons. The molecule has 1 aromatic carbocycles. The molecule has 1 heterocycles. The fourth-order valence-electron chi connectivity index (χ4n) is 1.96. The van der Waals surface area contributed by atoms with Gasteiger partial charge in [0.05, 0.1) is 6.26 Å². The van der Waals surface area contributed by atoms with E-state index >= 15 is 0 Å². The van der Waals surface area contributed by atoms with Crippen LogP contribution in [0, 0.1) is 0 Å². The molecule has 1 amide bonds. The van der Waals surface area contributed by atoms with Crippen molar-refractivity contribution in [1.29, 1.82) is 0 Å². The number of aliphatic imine (C=N–C) groups is 1. The first kappa shape index (κ1) is 20.0. The number of furan rings is 1. The predicted molar refractivity (Wildman–Crippen MR) is 107 cm³/mol. The lowest BCUT2D eigenvalue weighted by atomic mass is 10.2. The highest BCUT2D eigenvalue weighted by Crippen LogP contribution is 2.11. The summed E-state index contributed by atoms with van der Waals surface area (Å²) in [5.41, 5.74) is 1.82. The molecule has 2 rings (SSSR count). The number of rotatable bonds is 6. The number of hydrogen-bond donors (Lipinski definition) is 3. The van der Waals surface area contributed by atoms with E-state index in [0.29, 0.717) is 12.3 Å². The van der Waals surface area contributed by atoms with Crippen LogP contribution in [0.2, 0.25) is 0 Å². The SMILES string of the molecule is CCCNC(=NC)NCc1ccc(NC(=O)c2ccco2)cc1.I. The van der Waals surface area contributed by atoms with Gasteiger partial charge in [0.1, 0.15) is 0 Å². The van der Waals surface area contributed by atoms with E-state index in [1.165, 1.54) is 6.26 Å². The van der Waals surface area contributed by atoms with Crippen molar-refractivity contribution < 1.29 is 9.21 Å². The molecule has 0 unspecified atom stereocenters. The summed E-state index contributed by atoms with van der Waals surface area (Å²) in [6.45, 7) is 3.66. The van der Waals surface area contributed by atoms with Crippen LogP contribution < -0.4 is 16.0 Å². The van der Waals surface area contributed by atoms with Crippen LogP contribution in [0.25, 0.3) is 0 Å². The van der Waals surface area contributed by atoms with Gasteiger partial charge in [0.15, 0.2) is 11.7 Å². The van der Waals surface area contributed by atoms with Crippen molar-refractivity contribution in [3.05, 3.63) is 54.0 Å². The topological polar surface area (TPSA) is 78.7 Å². The predicted octanol–water partition coefficient (Wildman–Crippen LogP) is 3.22. The third kappa shape index (κ3) is 6.23. The molecule has 6 nitrogen and oxygen atoms in total. The van der Waals surface area contributed by atoms with Crippen molar-refractivity contribution in [1.82, 2.24) is 10.6 Å². The highest BCUT2D eigenvalue weighted by Gasteiger charge is 2.08. The lowest BCUT2D eigenvalue weighted by molar-refractivity contribution is 0.0996. The maximum Gasteiger partial charge on any atom is 0.291 e. The van der Waals surface area contributed by atoms with Gasteiger partial charge in [-0.25, -0.2) is 0 Å². The maximum atomic E-state index is 11.9. The minimum Gasteiger partial charge on any atom is -0.459 e. The number of carbonyl (C=O) groups is 1. The zero-order valence-corrected chi connectivity index (χ0v) is 16.2. The molecule has 0 aliphatic carbocycles.